The number of rotatable bonds is 3. The van der Waals surface area contributed by atoms with E-state index in [4.69, 9.17) is 5.10 Å². The first kappa shape index (κ1) is 22.1. The molecular formula is C29H24N6O. The van der Waals surface area contributed by atoms with Crippen molar-refractivity contribution in [3.05, 3.63) is 90.3 Å². The van der Waals surface area contributed by atoms with Crippen LogP contribution in [0.3, 0.4) is 0 Å². The number of hydrogen-bond acceptors (Lipinski definition) is 6. The highest BCUT2D eigenvalue weighted by Crippen LogP contribution is 2.52. The van der Waals surface area contributed by atoms with Gasteiger partial charge in [-0.25, -0.2) is 14.6 Å². The van der Waals surface area contributed by atoms with Crippen molar-refractivity contribution in [2.24, 2.45) is 11.8 Å². The van der Waals surface area contributed by atoms with Crippen LogP contribution in [-0.2, 0) is 16.6 Å². The number of carbonyl (C=O) groups is 1. The first-order chi connectivity index (χ1) is 17.5. The maximum absolute atomic E-state index is 12.9. The molecule has 6 rings (SSSR count). The van der Waals surface area contributed by atoms with E-state index in [0.29, 0.717) is 0 Å². The number of nitriles is 1. The molecule has 0 radical (unpaired) electrons. The van der Waals surface area contributed by atoms with Crippen LogP contribution in [0.4, 0.5) is 0 Å². The number of fused-ring (bicyclic) bond motifs is 3. The van der Waals surface area contributed by atoms with Crippen molar-refractivity contribution >= 4 is 5.78 Å². The zero-order valence-electron chi connectivity index (χ0n) is 20.1. The van der Waals surface area contributed by atoms with Crippen molar-refractivity contribution in [2.75, 3.05) is 0 Å². The molecule has 36 heavy (non-hydrogen) atoms. The summed E-state index contributed by atoms with van der Waals surface area (Å²) >= 11 is 0. The number of benzene rings is 1. The Labute approximate surface area is 209 Å². The highest BCUT2D eigenvalue weighted by Gasteiger charge is 2.50. The Morgan fingerprint density at radius 2 is 1.92 bits per heavy atom. The number of nitrogens with zero attached hydrogens (tertiary/aromatic N) is 6. The zero-order valence-corrected chi connectivity index (χ0v) is 20.1. The molecule has 0 spiro atoms. The normalized spacial score (nSPS) is 22.8. The average Bonchev–Trinajstić information content (AvgIpc) is 3.33. The summed E-state index contributed by atoms with van der Waals surface area (Å²) in [6, 6.07) is 16.2. The van der Waals surface area contributed by atoms with Crippen LogP contribution < -0.4 is 0 Å². The number of ketones is 1. The lowest BCUT2D eigenvalue weighted by Crippen LogP contribution is -2.46. The van der Waals surface area contributed by atoms with E-state index < -0.39 is 5.41 Å². The molecule has 2 aliphatic rings. The first-order valence-electron chi connectivity index (χ1n) is 12.1. The molecule has 0 fully saturated rings. The lowest BCUT2D eigenvalue weighted by Gasteiger charge is -2.45. The minimum atomic E-state index is -0.522. The maximum atomic E-state index is 12.9. The quantitative estimate of drug-likeness (QED) is 0.422. The van der Waals surface area contributed by atoms with Gasteiger partial charge < -0.3 is 0 Å². The van der Waals surface area contributed by atoms with E-state index in [2.05, 4.69) is 52.2 Å². The van der Waals surface area contributed by atoms with E-state index in [1.807, 2.05) is 42.1 Å². The van der Waals surface area contributed by atoms with Gasteiger partial charge >= 0.3 is 0 Å². The van der Waals surface area contributed by atoms with Gasteiger partial charge in [-0.3, -0.25) is 9.78 Å². The molecule has 0 unspecified atom stereocenters. The molecule has 0 aliphatic heterocycles. The summed E-state index contributed by atoms with van der Waals surface area (Å²) in [5.74, 6) is -0.217. The Hall–Kier alpha value is -4.44. The number of allylic oxidation sites excluding steroid dienone is 2. The summed E-state index contributed by atoms with van der Waals surface area (Å²) in [6.45, 7) is 4.09. The highest BCUT2D eigenvalue weighted by molar-refractivity contribution is 6.02. The van der Waals surface area contributed by atoms with Gasteiger partial charge in [-0.15, -0.1) is 0 Å². The van der Waals surface area contributed by atoms with E-state index in [-0.39, 0.29) is 23.2 Å². The molecule has 3 aromatic heterocycles. The van der Waals surface area contributed by atoms with Gasteiger partial charge in [0.15, 0.2) is 5.78 Å². The molecule has 4 aromatic rings. The van der Waals surface area contributed by atoms with Crippen LogP contribution in [0, 0.1) is 23.2 Å². The predicted octanol–water partition coefficient (Wildman–Crippen LogP) is 4.88. The van der Waals surface area contributed by atoms with Crippen molar-refractivity contribution in [2.45, 2.75) is 32.1 Å². The van der Waals surface area contributed by atoms with Crippen LogP contribution in [0.5, 0.6) is 0 Å². The van der Waals surface area contributed by atoms with Gasteiger partial charge in [0.1, 0.15) is 18.1 Å². The fourth-order valence-corrected chi connectivity index (χ4v) is 6.00. The molecule has 0 N–H and O–H groups in total. The van der Waals surface area contributed by atoms with Crippen molar-refractivity contribution in [1.82, 2.24) is 24.7 Å². The molecule has 2 aliphatic carbocycles. The van der Waals surface area contributed by atoms with Crippen molar-refractivity contribution < 1.29 is 4.79 Å². The van der Waals surface area contributed by atoms with Gasteiger partial charge in [0.2, 0.25) is 0 Å². The van der Waals surface area contributed by atoms with Crippen molar-refractivity contribution in [3.8, 4) is 34.3 Å². The lowest BCUT2D eigenvalue weighted by atomic mass is 9.58. The number of carbonyl (C=O) groups excluding carboxylic acids is 1. The average molecular weight is 473 g/mol. The topological polar surface area (TPSA) is 97.4 Å². The van der Waals surface area contributed by atoms with Crippen LogP contribution in [0.1, 0.15) is 31.5 Å². The molecule has 3 atom stereocenters. The van der Waals surface area contributed by atoms with Crippen LogP contribution in [0.2, 0.25) is 0 Å². The smallest absolute Gasteiger partial charge is 0.176 e. The summed E-state index contributed by atoms with van der Waals surface area (Å²) in [6.07, 6.45) is 10.4. The summed E-state index contributed by atoms with van der Waals surface area (Å²) in [4.78, 5) is 25.7. The second-order valence-corrected chi connectivity index (χ2v) is 9.72. The summed E-state index contributed by atoms with van der Waals surface area (Å²) in [5, 5.41) is 14.8. The highest BCUT2D eigenvalue weighted by atomic mass is 16.1. The fraction of sp³-hybridized carbons (Fsp3) is 0.241. The third kappa shape index (κ3) is 3.29. The molecule has 3 heterocycles. The van der Waals surface area contributed by atoms with Gasteiger partial charge in [0.25, 0.3) is 0 Å². The van der Waals surface area contributed by atoms with Crippen molar-refractivity contribution in [3.63, 3.8) is 0 Å². The van der Waals surface area contributed by atoms with Gasteiger partial charge in [0, 0.05) is 35.5 Å². The molecule has 0 amide bonds. The molecule has 0 saturated heterocycles. The minimum absolute atomic E-state index is 0.0636. The number of pyridine rings is 1. The molecule has 7 heteroatoms. The fourth-order valence-electron chi connectivity index (χ4n) is 6.00. The first-order valence-corrected chi connectivity index (χ1v) is 12.1. The number of hydrogen-bond donors (Lipinski definition) is 0. The molecule has 0 bridgehead atoms. The molecule has 176 valence electrons. The maximum Gasteiger partial charge on any atom is 0.176 e. The van der Waals surface area contributed by atoms with Gasteiger partial charge in [-0.2, -0.15) is 10.4 Å². The van der Waals surface area contributed by atoms with E-state index in [0.717, 1.165) is 52.3 Å². The summed E-state index contributed by atoms with van der Waals surface area (Å²) < 4.78 is 1.99. The SMILES string of the molecule is C[C@H]1C(=O)C(C#N)=C[C@@]2(C)c3c(c(-c4ccncn4)nn3-c3ccc(-c4cccnc4)cc3)CC[C@H]12. The Morgan fingerprint density at radius 1 is 1.08 bits per heavy atom. The Kier molecular flexibility index (Phi) is 5.11. The van der Waals surface area contributed by atoms with E-state index >= 15 is 0 Å². The Morgan fingerprint density at radius 3 is 2.61 bits per heavy atom. The molecule has 7 nitrogen and oxygen atoms in total. The van der Waals surface area contributed by atoms with Crippen molar-refractivity contribution in [1.29, 1.82) is 5.26 Å². The second kappa shape index (κ2) is 8.35. The van der Waals surface area contributed by atoms with Crippen LogP contribution in [0.15, 0.2) is 79.0 Å². The van der Waals surface area contributed by atoms with Crippen LogP contribution in [0.25, 0.3) is 28.2 Å². The summed E-state index contributed by atoms with van der Waals surface area (Å²) in [5.41, 5.74) is 6.45. The Bertz CT molecular complexity index is 1530. The largest absolute Gasteiger partial charge is 0.293 e. The van der Waals surface area contributed by atoms with E-state index in [9.17, 15) is 10.1 Å². The summed E-state index contributed by atoms with van der Waals surface area (Å²) in [7, 11) is 0. The second-order valence-electron chi connectivity index (χ2n) is 9.72. The standard InChI is InChI=1S/C29H24N6O/c1-18-24-10-9-23-26(25-11-13-32-17-33-25)34-35(28(23)29(24,2)14-21(15-30)27(18)36)22-7-5-19(6-8-22)20-4-3-12-31-16-20/h3-8,11-14,16-18,24H,9-10H2,1-2H3/t18-,24-,29-/m1/s1. The third-order valence-corrected chi connectivity index (χ3v) is 7.75. The number of Topliss-reactive ketones (excluding diaryl/α,β-unsaturated/α-hetero) is 1. The monoisotopic (exact) mass is 472 g/mol. The molecular weight excluding hydrogens is 448 g/mol. The van der Waals surface area contributed by atoms with Crippen LogP contribution in [-0.4, -0.2) is 30.5 Å². The molecule has 0 saturated carbocycles. The lowest BCUT2D eigenvalue weighted by molar-refractivity contribution is -0.121. The van der Waals surface area contributed by atoms with E-state index in [1.54, 1.807) is 12.4 Å². The minimum Gasteiger partial charge on any atom is -0.293 e. The number of aromatic nitrogens is 5. The van der Waals surface area contributed by atoms with Gasteiger partial charge in [0.05, 0.1) is 22.6 Å². The molecule has 1 aromatic carbocycles. The zero-order chi connectivity index (χ0) is 24.9. The Balaban J connectivity index is 1.57. The predicted molar refractivity (Wildman–Crippen MR) is 135 cm³/mol. The van der Waals surface area contributed by atoms with E-state index in [1.165, 1.54) is 6.33 Å². The van der Waals surface area contributed by atoms with Gasteiger partial charge in [-0.05, 0) is 54.2 Å². The van der Waals surface area contributed by atoms with Crippen LogP contribution >= 0.6 is 0 Å². The third-order valence-electron chi connectivity index (χ3n) is 7.75. The van der Waals surface area contributed by atoms with Gasteiger partial charge in [-0.1, -0.05) is 38.1 Å².